The highest BCUT2D eigenvalue weighted by Gasteiger charge is 2.23. The second-order valence-corrected chi connectivity index (χ2v) is 9.44. The second-order valence-electron chi connectivity index (χ2n) is 8.30. The van der Waals surface area contributed by atoms with E-state index in [9.17, 15) is 14.4 Å². The van der Waals surface area contributed by atoms with Gasteiger partial charge in [0.25, 0.3) is 0 Å². The van der Waals surface area contributed by atoms with Gasteiger partial charge in [-0.1, -0.05) is 27.2 Å². The number of benzene rings is 1. The molecule has 0 fully saturated rings. The van der Waals surface area contributed by atoms with Gasteiger partial charge in [0.05, 0.1) is 0 Å². The van der Waals surface area contributed by atoms with Crippen molar-refractivity contribution in [2.45, 2.75) is 52.9 Å². The fourth-order valence-corrected chi connectivity index (χ4v) is 4.76. The van der Waals surface area contributed by atoms with Crippen molar-refractivity contribution >= 4 is 34.7 Å². The Morgan fingerprint density at radius 2 is 1.93 bits per heavy atom. The molecule has 6 heteroatoms. The molecule has 160 valence electrons. The Labute approximate surface area is 181 Å². The van der Waals surface area contributed by atoms with Gasteiger partial charge in [-0.3, -0.25) is 9.59 Å². The molecular formula is C24H29NO4S. The van der Waals surface area contributed by atoms with E-state index in [2.05, 4.69) is 12.2 Å². The van der Waals surface area contributed by atoms with Crippen LogP contribution in [0.4, 0.5) is 5.69 Å². The molecule has 0 saturated heterocycles. The lowest BCUT2D eigenvalue weighted by atomic mass is 9.87. The molecular weight excluding hydrogens is 398 g/mol. The summed E-state index contributed by atoms with van der Waals surface area (Å²) in [5, 5.41) is 2.81. The standard InChI is InChI=1S/C24H29NO4S/c1-4-16-5-10-21-18(12-16)13-22(30-21)24(28)29-14-20(26)17-6-8-19(9-7-17)25-23(27)11-15(2)3/h6-9,13,15-16H,4-5,10-12,14H2,1-3H3,(H,25,27)/t16-/m1/s1. The third-order valence-electron chi connectivity index (χ3n) is 5.38. The number of esters is 1. The summed E-state index contributed by atoms with van der Waals surface area (Å²) in [7, 11) is 0. The maximum absolute atomic E-state index is 12.4. The van der Waals surface area contributed by atoms with Crippen LogP contribution in [0, 0.1) is 11.8 Å². The number of hydrogen-bond acceptors (Lipinski definition) is 5. The number of anilines is 1. The predicted octanol–water partition coefficient (Wildman–Crippen LogP) is 5.29. The van der Waals surface area contributed by atoms with Crippen LogP contribution in [0.25, 0.3) is 0 Å². The molecule has 0 saturated carbocycles. The highest BCUT2D eigenvalue weighted by Crippen LogP contribution is 2.33. The number of aryl methyl sites for hydroxylation is 1. The fourth-order valence-electron chi connectivity index (χ4n) is 3.66. The molecule has 1 aliphatic carbocycles. The number of fused-ring (bicyclic) bond motifs is 1. The minimum absolute atomic E-state index is 0.0538. The minimum Gasteiger partial charge on any atom is -0.453 e. The molecule has 0 aliphatic heterocycles. The number of carbonyl (C=O) groups excluding carboxylic acids is 3. The van der Waals surface area contributed by atoms with E-state index < -0.39 is 5.97 Å². The Balaban J connectivity index is 1.52. The van der Waals surface area contributed by atoms with Crippen LogP contribution in [0.5, 0.6) is 0 Å². The molecule has 1 aliphatic rings. The summed E-state index contributed by atoms with van der Waals surface area (Å²) in [6, 6.07) is 8.57. The van der Waals surface area contributed by atoms with E-state index in [1.807, 2.05) is 19.9 Å². The zero-order valence-corrected chi connectivity index (χ0v) is 18.6. The molecule has 3 rings (SSSR count). The van der Waals surface area contributed by atoms with E-state index in [0.717, 1.165) is 19.3 Å². The third-order valence-corrected chi connectivity index (χ3v) is 6.60. The van der Waals surface area contributed by atoms with Gasteiger partial charge >= 0.3 is 5.97 Å². The first-order chi connectivity index (χ1) is 14.4. The van der Waals surface area contributed by atoms with Crippen LogP contribution in [0.2, 0.25) is 0 Å². The van der Waals surface area contributed by atoms with Gasteiger partial charge < -0.3 is 10.1 Å². The first kappa shape index (κ1) is 22.2. The second kappa shape index (κ2) is 10.0. The van der Waals surface area contributed by atoms with E-state index in [1.165, 1.54) is 28.2 Å². The van der Waals surface area contributed by atoms with Crippen molar-refractivity contribution in [1.82, 2.24) is 0 Å². The summed E-state index contributed by atoms with van der Waals surface area (Å²) >= 11 is 1.49. The zero-order valence-electron chi connectivity index (χ0n) is 17.8. The highest BCUT2D eigenvalue weighted by molar-refractivity contribution is 7.14. The van der Waals surface area contributed by atoms with E-state index in [1.54, 1.807) is 24.3 Å². The van der Waals surface area contributed by atoms with Crippen molar-refractivity contribution in [2.24, 2.45) is 11.8 Å². The lowest BCUT2D eigenvalue weighted by Crippen LogP contribution is -2.15. The molecule has 0 bridgehead atoms. The zero-order chi connectivity index (χ0) is 21.7. The number of thiophene rings is 1. The average molecular weight is 428 g/mol. The van der Waals surface area contributed by atoms with E-state index in [0.29, 0.717) is 28.5 Å². The summed E-state index contributed by atoms with van der Waals surface area (Å²) in [5.41, 5.74) is 2.34. The van der Waals surface area contributed by atoms with Crippen LogP contribution in [0.3, 0.4) is 0 Å². The Bertz CT molecular complexity index is 914. The van der Waals surface area contributed by atoms with Gasteiger partial charge in [-0.25, -0.2) is 4.79 Å². The molecule has 5 nitrogen and oxygen atoms in total. The van der Waals surface area contributed by atoms with Gasteiger partial charge in [0.2, 0.25) is 5.91 Å². The Morgan fingerprint density at radius 3 is 2.60 bits per heavy atom. The molecule has 30 heavy (non-hydrogen) atoms. The van der Waals surface area contributed by atoms with Gasteiger partial charge in [-0.05, 0) is 67.0 Å². The molecule has 1 N–H and O–H groups in total. The van der Waals surface area contributed by atoms with Crippen molar-refractivity contribution in [3.05, 3.63) is 51.2 Å². The molecule has 0 unspecified atom stereocenters. The summed E-state index contributed by atoms with van der Waals surface area (Å²) in [5.74, 6) is 0.212. The van der Waals surface area contributed by atoms with Crippen molar-refractivity contribution in [1.29, 1.82) is 0 Å². The van der Waals surface area contributed by atoms with Gasteiger partial charge in [-0.2, -0.15) is 0 Å². The Hall–Kier alpha value is -2.47. The molecule has 1 amide bonds. The lowest BCUT2D eigenvalue weighted by molar-refractivity contribution is -0.116. The van der Waals surface area contributed by atoms with Gasteiger partial charge in [0.15, 0.2) is 12.4 Å². The SMILES string of the molecule is CC[C@@H]1CCc2sc(C(=O)OCC(=O)c3ccc(NC(=O)CC(C)C)cc3)cc2C1. The van der Waals surface area contributed by atoms with Crippen LogP contribution in [0.15, 0.2) is 30.3 Å². The number of nitrogens with one attached hydrogen (secondary N) is 1. The molecule has 1 heterocycles. The van der Waals surface area contributed by atoms with Crippen molar-refractivity contribution in [3.63, 3.8) is 0 Å². The number of rotatable bonds is 8. The summed E-state index contributed by atoms with van der Waals surface area (Å²) in [4.78, 5) is 38.5. The number of ketones is 1. The van der Waals surface area contributed by atoms with Crippen LogP contribution < -0.4 is 5.32 Å². The topological polar surface area (TPSA) is 72.5 Å². The van der Waals surface area contributed by atoms with Crippen LogP contribution >= 0.6 is 11.3 Å². The largest absolute Gasteiger partial charge is 0.453 e. The van der Waals surface area contributed by atoms with Crippen LogP contribution in [-0.4, -0.2) is 24.3 Å². The number of carbonyl (C=O) groups is 3. The number of ether oxygens (including phenoxy) is 1. The molecule has 1 aromatic heterocycles. The van der Waals surface area contributed by atoms with Gasteiger partial charge in [0.1, 0.15) is 4.88 Å². The molecule has 0 spiro atoms. The summed E-state index contributed by atoms with van der Waals surface area (Å²) in [6.07, 6.45) is 4.82. The molecule has 1 atom stereocenters. The van der Waals surface area contributed by atoms with Crippen LogP contribution in [0.1, 0.15) is 70.5 Å². The molecule has 2 aromatic rings. The van der Waals surface area contributed by atoms with E-state index in [-0.39, 0.29) is 24.2 Å². The Morgan fingerprint density at radius 1 is 1.20 bits per heavy atom. The number of hydrogen-bond donors (Lipinski definition) is 1. The summed E-state index contributed by atoms with van der Waals surface area (Å²) in [6.45, 7) is 5.87. The van der Waals surface area contributed by atoms with Crippen LogP contribution in [-0.2, 0) is 22.4 Å². The first-order valence-corrected chi connectivity index (χ1v) is 11.4. The van der Waals surface area contributed by atoms with Crippen molar-refractivity contribution in [2.75, 3.05) is 11.9 Å². The number of Topliss-reactive ketones (excluding diaryl/α,β-unsaturated/α-hetero) is 1. The van der Waals surface area contributed by atoms with Gasteiger partial charge in [0, 0.05) is 22.5 Å². The fraction of sp³-hybridized carbons (Fsp3) is 0.458. The normalized spacial score (nSPS) is 15.5. The molecule has 1 aromatic carbocycles. The smallest absolute Gasteiger partial charge is 0.348 e. The Kier molecular flexibility index (Phi) is 7.43. The number of amides is 1. The van der Waals surface area contributed by atoms with E-state index in [4.69, 9.17) is 4.74 Å². The average Bonchev–Trinajstić information content (AvgIpc) is 3.15. The van der Waals surface area contributed by atoms with E-state index >= 15 is 0 Å². The quantitative estimate of drug-likeness (QED) is 0.459. The highest BCUT2D eigenvalue weighted by atomic mass is 32.1. The van der Waals surface area contributed by atoms with Gasteiger partial charge in [-0.15, -0.1) is 11.3 Å². The predicted molar refractivity (Wildman–Crippen MR) is 119 cm³/mol. The minimum atomic E-state index is -0.437. The summed E-state index contributed by atoms with van der Waals surface area (Å²) < 4.78 is 5.27. The maximum atomic E-state index is 12.4. The van der Waals surface area contributed by atoms with Crippen molar-refractivity contribution in [3.8, 4) is 0 Å². The third kappa shape index (κ3) is 5.79. The maximum Gasteiger partial charge on any atom is 0.348 e. The lowest BCUT2D eigenvalue weighted by Gasteiger charge is -2.19. The van der Waals surface area contributed by atoms with Crippen molar-refractivity contribution < 1.29 is 19.1 Å². The monoisotopic (exact) mass is 427 g/mol. The molecule has 0 radical (unpaired) electrons. The first-order valence-electron chi connectivity index (χ1n) is 10.6.